The number of rotatable bonds is 6. The first-order valence-electron chi connectivity index (χ1n) is 27.2. The molecule has 0 aliphatic heterocycles. The molecule has 8 saturated carbocycles. The Kier molecular flexibility index (Phi) is 15.2. The van der Waals surface area contributed by atoms with Crippen LogP contribution in [0.5, 0.6) is 11.5 Å². The van der Waals surface area contributed by atoms with Crippen molar-refractivity contribution in [1.82, 2.24) is 4.98 Å². The second-order valence-electron chi connectivity index (χ2n) is 28.3. The van der Waals surface area contributed by atoms with Gasteiger partial charge in [0.2, 0.25) is 0 Å². The van der Waals surface area contributed by atoms with Crippen molar-refractivity contribution in [1.29, 1.82) is 0 Å². The molecule has 0 atom stereocenters. The van der Waals surface area contributed by atoms with Gasteiger partial charge in [0.05, 0.1) is 11.4 Å². The molecule has 13 rings (SSSR count). The predicted molar refractivity (Wildman–Crippen MR) is 299 cm³/mol. The van der Waals surface area contributed by atoms with E-state index in [9.17, 15) is 0 Å². The zero-order valence-corrected chi connectivity index (χ0v) is 50.2. The summed E-state index contributed by atoms with van der Waals surface area (Å²) < 4.78 is 0. The van der Waals surface area contributed by atoms with Crippen LogP contribution in [0.3, 0.4) is 0 Å². The first-order chi connectivity index (χ1) is 32.6. The van der Waals surface area contributed by atoms with Crippen LogP contribution in [-0.4, -0.2) is 21.1 Å². The maximum absolute atomic E-state index is 15.1. The van der Waals surface area contributed by atoms with Gasteiger partial charge in [-0.1, -0.05) is 171 Å². The van der Waals surface area contributed by atoms with E-state index in [2.05, 4.69) is 185 Å². The molecule has 1 heterocycles. The Bertz CT molecular complexity index is 2460. The van der Waals surface area contributed by atoms with Gasteiger partial charge < -0.3 is 23.3 Å². The number of aromatic nitrogens is 1. The fourth-order valence-corrected chi connectivity index (χ4v) is 14.8. The van der Waals surface area contributed by atoms with Gasteiger partial charge in [0.1, 0.15) is 0 Å². The van der Waals surface area contributed by atoms with E-state index in [0.29, 0.717) is 0 Å². The molecule has 374 valence electrons. The molecular weight excluding hydrogens is 974 g/mol. The van der Waals surface area contributed by atoms with Crippen LogP contribution in [0.25, 0.3) is 44.8 Å². The topological polar surface area (TPSA) is 59.0 Å². The first-order valence-corrected chi connectivity index (χ1v) is 34.7. The summed E-state index contributed by atoms with van der Waals surface area (Å²) in [7, 11) is -1.72. The molecule has 8 bridgehead atoms. The van der Waals surface area contributed by atoms with E-state index in [1.165, 1.54) is 88.2 Å². The fourth-order valence-electron chi connectivity index (χ4n) is 14.8. The summed E-state index contributed by atoms with van der Waals surface area (Å²) >= 11 is 0. The van der Waals surface area contributed by atoms with Crippen molar-refractivity contribution in [2.45, 2.75) is 180 Å². The van der Waals surface area contributed by atoms with Crippen LogP contribution in [-0.2, 0) is 47.9 Å². The molecule has 0 unspecified atom stereocenters. The summed E-state index contributed by atoms with van der Waals surface area (Å²) in [6.45, 7) is 34.8. The summed E-state index contributed by atoms with van der Waals surface area (Å²) in [5.41, 5.74) is 11.6. The van der Waals surface area contributed by atoms with E-state index >= 15 is 10.2 Å². The summed E-state index contributed by atoms with van der Waals surface area (Å²) in [6.07, 6.45) is 15.1. The molecule has 5 aromatic rings. The Morgan fingerprint density at radius 1 is 0.437 bits per heavy atom. The molecule has 1 aromatic heterocycles. The Labute approximate surface area is 452 Å². The zero-order valence-electron chi connectivity index (χ0n) is 45.8. The zero-order chi connectivity index (χ0) is 50.3. The Balaban J connectivity index is 0.000000562. The van der Waals surface area contributed by atoms with Gasteiger partial charge in [-0.15, -0.1) is 16.1 Å². The van der Waals surface area contributed by atoms with E-state index in [1.807, 2.05) is 0 Å². The second-order valence-corrected chi connectivity index (χ2v) is 38.6. The van der Waals surface area contributed by atoms with Gasteiger partial charge in [0.25, 0.3) is 0 Å². The van der Waals surface area contributed by atoms with E-state index in [0.717, 1.165) is 91.4 Å². The van der Waals surface area contributed by atoms with Gasteiger partial charge in [0, 0.05) is 11.1 Å². The van der Waals surface area contributed by atoms with Crippen LogP contribution in [0.4, 0.5) is 0 Å². The smallest absolute Gasteiger partial charge is 0.872 e. The van der Waals surface area contributed by atoms with Crippen molar-refractivity contribution < 1.29 is 36.4 Å². The van der Waals surface area contributed by atoms with Crippen LogP contribution in [0.15, 0.2) is 91.0 Å². The Morgan fingerprint density at radius 3 is 0.972 bits per heavy atom. The molecule has 3 nitrogen and oxygen atoms in total. The quantitative estimate of drug-likeness (QED) is 0.126. The van der Waals surface area contributed by atoms with Crippen LogP contribution in [0.1, 0.15) is 141 Å². The third-order valence-corrected chi connectivity index (χ3v) is 16.9. The van der Waals surface area contributed by atoms with Gasteiger partial charge in [-0.2, -0.15) is 0 Å². The van der Waals surface area contributed by atoms with Crippen LogP contribution in [0, 0.1) is 48.6 Å². The molecule has 71 heavy (non-hydrogen) atoms. The first kappa shape index (κ1) is 54.2. The summed E-state index contributed by atoms with van der Waals surface area (Å²) in [4.78, 5) is 5.44. The predicted octanol–water partition coefficient (Wildman–Crippen LogP) is 16.8. The standard InChI is InChI=1S/C57H65NO2.2C4H11Si.Zr/c1-54(2,3)40-24-46(52(59)48(26-40)56-28-34-18-35(29-56)20-36(19-34)30-56)42-12-7-9-14-44(42)50-16-11-17-51(58-50)45-15-10-8-13-43(45)47-25-41(55(4,5)6)27-49(53(47)60)57-31-37-21-38(32-57)23-39(22-37)33-57;2*1-5(2,3)4;/h7-17,24-27,34-39,59-60H,18-23,28-33H2,1-6H3;2*1H2,2-4H3;/q;2*-1;+4/p-2. The minimum Gasteiger partial charge on any atom is -0.872 e. The molecule has 4 aromatic carbocycles. The third-order valence-electron chi connectivity index (χ3n) is 16.9. The molecule has 0 N–H and O–H groups in total. The van der Waals surface area contributed by atoms with Crippen molar-refractivity contribution in [3.63, 3.8) is 0 Å². The van der Waals surface area contributed by atoms with Gasteiger partial charge in [-0.3, -0.25) is 0 Å². The van der Waals surface area contributed by atoms with Crippen LogP contribution in [0.2, 0.25) is 39.3 Å². The number of pyridine rings is 1. The summed E-state index contributed by atoms with van der Waals surface area (Å²) in [5, 5.41) is 30.3. The fraction of sp³-hybridized carbons (Fsp3) is 0.523. The number of hydrogen-bond acceptors (Lipinski definition) is 3. The van der Waals surface area contributed by atoms with Crippen molar-refractivity contribution in [2.24, 2.45) is 35.5 Å². The van der Waals surface area contributed by atoms with Crippen molar-refractivity contribution in [3.8, 4) is 56.3 Å². The summed E-state index contributed by atoms with van der Waals surface area (Å²) in [6, 6.07) is 32.2. The molecule has 0 radical (unpaired) electrons. The van der Waals surface area contributed by atoms with E-state index in [4.69, 9.17) is 4.98 Å². The van der Waals surface area contributed by atoms with Crippen LogP contribution < -0.4 is 10.2 Å². The van der Waals surface area contributed by atoms with Gasteiger partial charge in [-0.05, 0) is 191 Å². The SMILES string of the molecule is CC(C)(C)c1cc(-c2ccccc2-c2cccc(-c3ccccc3-c3cc(C(C)(C)C)cc(C45CC6CC(CC(C6)C4)C5)c3[O-])n2)c([O-])c(C23CC4CC(CC(C4)C2)C3)c1.[CH2-][Si](C)(C)C.[CH2-][Si](C)(C)C.[Zr+4]. The maximum Gasteiger partial charge on any atom is 4.00 e. The number of benzene rings is 4. The number of nitrogens with zero attached hydrogens (tertiary/aromatic N) is 1. The van der Waals surface area contributed by atoms with E-state index in [1.54, 1.807) is 0 Å². The van der Waals surface area contributed by atoms with Crippen molar-refractivity contribution in [3.05, 3.63) is 126 Å². The average Bonchev–Trinajstić information content (AvgIpc) is 3.24. The van der Waals surface area contributed by atoms with E-state index < -0.39 is 16.1 Å². The molecule has 8 aliphatic rings. The molecule has 8 fully saturated rings. The van der Waals surface area contributed by atoms with E-state index in [-0.39, 0.29) is 59.4 Å². The van der Waals surface area contributed by atoms with Gasteiger partial charge >= 0.3 is 26.2 Å². The van der Waals surface area contributed by atoms with Gasteiger partial charge in [0.15, 0.2) is 0 Å². The van der Waals surface area contributed by atoms with Crippen LogP contribution >= 0.6 is 0 Å². The monoisotopic (exact) mass is 1060 g/mol. The molecule has 6 heteroatoms. The summed E-state index contributed by atoms with van der Waals surface area (Å²) in [5.74, 6) is 5.00. The molecular formula is C65H85NO2Si2Zr. The van der Waals surface area contributed by atoms with Crippen molar-refractivity contribution in [2.75, 3.05) is 0 Å². The minimum atomic E-state index is -0.861. The molecule has 0 amide bonds. The largest absolute Gasteiger partial charge is 4.00 e. The second kappa shape index (κ2) is 19.9. The maximum atomic E-state index is 15.1. The molecule has 0 spiro atoms. The third kappa shape index (κ3) is 11.8. The Hall–Kier alpha value is -3.05. The average molecular weight is 1060 g/mol. The van der Waals surface area contributed by atoms with Crippen molar-refractivity contribution >= 4 is 16.1 Å². The molecule has 8 aliphatic carbocycles. The minimum absolute atomic E-state index is 0. The van der Waals surface area contributed by atoms with Gasteiger partial charge in [-0.25, -0.2) is 4.98 Å². The number of hydrogen-bond donors (Lipinski definition) is 0. The Morgan fingerprint density at radius 2 is 0.704 bits per heavy atom. The normalized spacial score (nSPS) is 27.3. The molecule has 0 saturated heterocycles.